The van der Waals surface area contributed by atoms with Gasteiger partial charge in [0, 0.05) is 12.4 Å². The van der Waals surface area contributed by atoms with Crippen molar-refractivity contribution < 1.29 is 24.3 Å². The fourth-order valence-electron chi connectivity index (χ4n) is 2.42. The molecule has 0 aromatic heterocycles. The number of carbonyl (C=O) groups is 2. The van der Waals surface area contributed by atoms with Crippen LogP contribution in [0.3, 0.4) is 0 Å². The molecule has 0 aliphatic carbocycles. The third kappa shape index (κ3) is 13.9. The quantitative estimate of drug-likeness (QED) is 0.443. The van der Waals surface area contributed by atoms with Crippen LogP contribution in [0.25, 0.3) is 0 Å². The van der Waals surface area contributed by atoms with Crippen LogP contribution in [0.15, 0.2) is 0 Å². The Labute approximate surface area is 135 Å². The first-order valence-electron chi connectivity index (χ1n) is 8.64. The molecule has 132 valence electrons. The van der Waals surface area contributed by atoms with Gasteiger partial charge in [-0.05, 0) is 47.0 Å². The summed E-state index contributed by atoms with van der Waals surface area (Å²) in [6, 6.07) is 0. The zero-order valence-corrected chi connectivity index (χ0v) is 14.9. The van der Waals surface area contributed by atoms with Gasteiger partial charge in [-0.3, -0.25) is 4.79 Å². The first-order chi connectivity index (χ1) is 10.4. The minimum absolute atomic E-state index is 0.110. The fraction of sp³-hybridized carbons (Fsp3) is 0.882. The number of rotatable bonds is 12. The van der Waals surface area contributed by atoms with Gasteiger partial charge in [0.1, 0.15) is 0 Å². The Morgan fingerprint density at radius 3 is 1.41 bits per heavy atom. The molecule has 0 radical (unpaired) electrons. The van der Waals surface area contributed by atoms with E-state index in [9.17, 15) is 14.7 Å². The van der Waals surface area contributed by atoms with Crippen LogP contribution in [0.5, 0.6) is 0 Å². The van der Waals surface area contributed by atoms with Gasteiger partial charge >= 0.3 is 5.97 Å². The van der Waals surface area contributed by atoms with E-state index in [1.165, 1.54) is 30.7 Å². The molecule has 0 fully saturated rings. The molecule has 0 bridgehead atoms. The molecule has 5 heteroatoms. The third-order valence-corrected chi connectivity index (χ3v) is 4.45. The molecule has 0 rings (SSSR count). The average molecular weight is 317 g/mol. The minimum atomic E-state index is -1.01. The van der Waals surface area contributed by atoms with Crippen LogP contribution >= 0.6 is 0 Å². The van der Waals surface area contributed by atoms with E-state index in [4.69, 9.17) is 5.11 Å². The summed E-state index contributed by atoms with van der Waals surface area (Å²) in [6.45, 7) is 14.2. The van der Waals surface area contributed by atoms with Gasteiger partial charge in [0.05, 0.1) is 26.2 Å². The van der Waals surface area contributed by atoms with Crippen molar-refractivity contribution >= 4 is 11.9 Å². The lowest BCUT2D eigenvalue weighted by atomic mass is 10.1. The monoisotopic (exact) mass is 317 g/mol. The molecular formula is C17H35NO4. The molecule has 0 heterocycles. The van der Waals surface area contributed by atoms with Crippen LogP contribution in [0.4, 0.5) is 0 Å². The van der Waals surface area contributed by atoms with Crippen molar-refractivity contribution in [1.82, 2.24) is 0 Å². The molecule has 0 spiro atoms. The van der Waals surface area contributed by atoms with Crippen molar-refractivity contribution in [2.24, 2.45) is 0 Å². The van der Waals surface area contributed by atoms with E-state index in [0.717, 1.165) is 19.3 Å². The van der Waals surface area contributed by atoms with Gasteiger partial charge in [0.15, 0.2) is 0 Å². The highest BCUT2D eigenvalue weighted by Crippen LogP contribution is 2.06. The number of unbranched alkanes of at least 4 members (excludes halogenated alkanes) is 4. The van der Waals surface area contributed by atoms with E-state index < -0.39 is 11.9 Å². The van der Waals surface area contributed by atoms with Crippen LogP contribution < -0.4 is 5.11 Å². The lowest BCUT2D eigenvalue weighted by molar-refractivity contribution is -0.921. The molecule has 0 atom stereocenters. The standard InChI is InChI=1S/C9H16O4.C8H20N/c10-8(11)6-4-2-1-3-5-7-9(12)13;1-5-9(6-2,7-3)8-4/h1-7H2,(H,10,11)(H,12,13);5-8H2,1-4H3/q;+1/p-1. The molecule has 0 amide bonds. The number of carboxylic acid groups (broad SMARTS) is 2. The maximum absolute atomic E-state index is 10.1. The Balaban J connectivity index is 0. The Morgan fingerprint density at radius 2 is 1.14 bits per heavy atom. The zero-order chi connectivity index (χ0) is 17.4. The molecule has 0 saturated carbocycles. The van der Waals surface area contributed by atoms with Crippen molar-refractivity contribution in [3.63, 3.8) is 0 Å². The van der Waals surface area contributed by atoms with Crippen molar-refractivity contribution in [3.05, 3.63) is 0 Å². The van der Waals surface area contributed by atoms with Crippen LogP contribution in [0.1, 0.15) is 72.6 Å². The topological polar surface area (TPSA) is 77.4 Å². The first-order valence-corrected chi connectivity index (χ1v) is 8.64. The number of quaternary nitrogens is 1. The summed E-state index contributed by atoms with van der Waals surface area (Å²) in [6.07, 6.45) is 4.24. The van der Waals surface area contributed by atoms with Gasteiger partial charge in [0.2, 0.25) is 0 Å². The van der Waals surface area contributed by atoms with Gasteiger partial charge < -0.3 is 19.5 Å². The number of carbonyl (C=O) groups excluding carboxylic acids is 1. The lowest BCUT2D eigenvalue weighted by Crippen LogP contribution is -2.47. The zero-order valence-electron chi connectivity index (χ0n) is 14.9. The van der Waals surface area contributed by atoms with Gasteiger partial charge in [-0.15, -0.1) is 0 Å². The van der Waals surface area contributed by atoms with Gasteiger partial charge in [-0.1, -0.05) is 19.3 Å². The summed E-state index contributed by atoms with van der Waals surface area (Å²) in [4.78, 5) is 20.1. The minimum Gasteiger partial charge on any atom is -0.550 e. The molecule has 22 heavy (non-hydrogen) atoms. The summed E-state index contributed by atoms with van der Waals surface area (Å²) < 4.78 is 1.28. The molecular weight excluding hydrogens is 282 g/mol. The van der Waals surface area contributed by atoms with Gasteiger partial charge in [-0.2, -0.15) is 0 Å². The van der Waals surface area contributed by atoms with Crippen molar-refractivity contribution in [3.8, 4) is 0 Å². The highest BCUT2D eigenvalue weighted by atomic mass is 16.4. The summed E-state index contributed by atoms with van der Waals surface area (Å²) in [7, 11) is 0. The number of carboxylic acids is 2. The Kier molecular flexibility index (Phi) is 15.6. The van der Waals surface area contributed by atoms with Gasteiger partial charge in [-0.25, -0.2) is 0 Å². The van der Waals surface area contributed by atoms with E-state index in [0.29, 0.717) is 12.8 Å². The summed E-state index contributed by atoms with van der Waals surface area (Å²) in [5.74, 6) is -1.78. The van der Waals surface area contributed by atoms with E-state index >= 15 is 0 Å². The molecule has 1 N–H and O–H groups in total. The van der Waals surface area contributed by atoms with E-state index in [1.54, 1.807) is 0 Å². The molecule has 0 aromatic carbocycles. The first kappa shape index (κ1) is 23.2. The molecule has 0 aliphatic rings. The number of hydrogen-bond acceptors (Lipinski definition) is 3. The lowest BCUT2D eigenvalue weighted by Gasteiger charge is -2.34. The highest BCUT2D eigenvalue weighted by Gasteiger charge is 2.16. The highest BCUT2D eigenvalue weighted by molar-refractivity contribution is 5.66. The molecule has 0 saturated heterocycles. The Bertz CT molecular complexity index is 253. The molecule has 0 aliphatic heterocycles. The number of nitrogens with zero attached hydrogens (tertiary/aromatic N) is 1. The normalized spacial score (nSPS) is 10.7. The fourth-order valence-corrected chi connectivity index (χ4v) is 2.42. The Morgan fingerprint density at radius 1 is 0.773 bits per heavy atom. The summed E-state index contributed by atoms with van der Waals surface area (Å²) in [5.41, 5.74) is 0. The molecule has 5 nitrogen and oxygen atoms in total. The number of aliphatic carboxylic acids is 2. The summed E-state index contributed by atoms with van der Waals surface area (Å²) >= 11 is 0. The summed E-state index contributed by atoms with van der Waals surface area (Å²) in [5, 5.41) is 18.3. The maximum atomic E-state index is 10.1. The van der Waals surface area contributed by atoms with E-state index in [-0.39, 0.29) is 12.8 Å². The van der Waals surface area contributed by atoms with E-state index in [1.807, 2.05) is 0 Å². The predicted molar refractivity (Wildman–Crippen MR) is 87.4 cm³/mol. The van der Waals surface area contributed by atoms with Crippen molar-refractivity contribution in [2.75, 3.05) is 26.2 Å². The predicted octanol–water partition coefficient (Wildman–Crippen LogP) is 2.43. The Hall–Kier alpha value is -1.10. The third-order valence-electron chi connectivity index (χ3n) is 4.45. The second-order valence-corrected chi connectivity index (χ2v) is 5.64. The largest absolute Gasteiger partial charge is 0.550 e. The smallest absolute Gasteiger partial charge is 0.303 e. The van der Waals surface area contributed by atoms with E-state index in [2.05, 4.69) is 27.7 Å². The van der Waals surface area contributed by atoms with Crippen molar-refractivity contribution in [2.45, 2.75) is 72.6 Å². The SMILES string of the molecule is CC[N+](CC)(CC)CC.O=C([O-])CCCCCCCC(=O)O. The van der Waals surface area contributed by atoms with Crippen LogP contribution in [0.2, 0.25) is 0 Å². The second-order valence-electron chi connectivity index (χ2n) is 5.64. The maximum Gasteiger partial charge on any atom is 0.303 e. The van der Waals surface area contributed by atoms with Crippen molar-refractivity contribution in [1.29, 1.82) is 0 Å². The average Bonchev–Trinajstić information content (AvgIpc) is 2.49. The van der Waals surface area contributed by atoms with Crippen LogP contribution in [0, 0.1) is 0 Å². The molecule has 0 unspecified atom stereocenters. The van der Waals surface area contributed by atoms with Gasteiger partial charge in [0.25, 0.3) is 0 Å². The second kappa shape index (κ2) is 14.8. The van der Waals surface area contributed by atoms with Crippen LogP contribution in [-0.2, 0) is 9.59 Å². The van der Waals surface area contributed by atoms with Crippen LogP contribution in [-0.4, -0.2) is 47.7 Å². The number of hydrogen-bond donors (Lipinski definition) is 1. The molecule has 0 aromatic rings.